The second-order valence-electron chi connectivity index (χ2n) is 4.06. The van der Waals surface area contributed by atoms with Crippen molar-refractivity contribution in [2.75, 3.05) is 0 Å². The maximum Gasteiger partial charge on any atom is 0.165 e. The fraction of sp³-hybridized carbons (Fsp3) is 0.0714. The SMILES string of the molecule is N=C(N)c1ccc(OCc2cccc(Cl)c2Cl)c(F)c1. The van der Waals surface area contributed by atoms with Crippen LogP contribution in [0.5, 0.6) is 5.75 Å². The number of rotatable bonds is 4. The Labute approximate surface area is 125 Å². The summed E-state index contributed by atoms with van der Waals surface area (Å²) < 4.78 is 19.1. The van der Waals surface area contributed by atoms with Gasteiger partial charge in [0.15, 0.2) is 11.6 Å². The third-order valence-electron chi connectivity index (χ3n) is 2.66. The van der Waals surface area contributed by atoms with Gasteiger partial charge in [0.2, 0.25) is 0 Å². The van der Waals surface area contributed by atoms with Gasteiger partial charge in [0.05, 0.1) is 10.0 Å². The molecule has 0 bridgehead atoms. The lowest BCUT2D eigenvalue weighted by molar-refractivity contribution is 0.290. The van der Waals surface area contributed by atoms with Gasteiger partial charge in [-0.25, -0.2) is 4.39 Å². The van der Waals surface area contributed by atoms with Gasteiger partial charge in [-0.2, -0.15) is 0 Å². The summed E-state index contributed by atoms with van der Waals surface area (Å²) in [5.74, 6) is -0.727. The lowest BCUT2D eigenvalue weighted by Crippen LogP contribution is -2.11. The molecule has 0 aliphatic rings. The van der Waals surface area contributed by atoms with Crippen LogP contribution in [-0.2, 0) is 6.61 Å². The molecule has 0 aromatic heterocycles. The highest BCUT2D eigenvalue weighted by Crippen LogP contribution is 2.27. The number of hydrogen-bond acceptors (Lipinski definition) is 2. The molecule has 3 nitrogen and oxygen atoms in total. The molecule has 0 radical (unpaired) electrons. The van der Waals surface area contributed by atoms with Crippen molar-refractivity contribution in [3.63, 3.8) is 0 Å². The average molecular weight is 313 g/mol. The summed E-state index contributed by atoms with van der Waals surface area (Å²) in [4.78, 5) is 0. The first-order chi connectivity index (χ1) is 9.49. The van der Waals surface area contributed by atoms with Crippen LogP contribution in [0.3, 0.4) is 0 Å². The molecule has 20 heavy (non-hydrogen) atoms. The molecular formula is C14H11Cl2FN2O. The number of nitrogens with two attached hydrogens (primary N) is 1. The van der Waals surface area contributed by atoms with Crippen molar-refractivity contribution < 1.29 is 9.13 Å². The first-order valence-corrected chi connectivity index (χ1v) is 6.44. The van der Waals surface area contributed by atoms with E-state index in [2.05, 4.69) is 0 Å². The lowest BCUT2D eigenvalue weighted by Gasteiger charge is -2.10. The summed E-state index contributed by atoms with van der Waals surface area (Å²) in [6, 6.07) is 9.23. The fourth-order valence-corrected chi connectivity index (χ4v) is 1.98. The molecular weight excluding hydrogens is 302 g/mol. The van der Waals surface area contributed by atoms with Crippen LogP contribution in [0.25, 0.3) is 0 Å². The molecule has 0 amide bonds. The second-order valence-corrected chi connectivity index (χ2v) is 4.85. The molecule has 2 aromatic rings. The predicted molar refractivity (Wildman–Crippen MR) is 78.2 cm³/mol. The molecule has 6 heteroatoms. The van der Waals surface area contributed by atoms with Crippen LogP contribution in [0.4, 0.5) is 4.39 Å². The zero-order valence-electron chi connectivity index (χ0n) is 10.3. The summed E-state index contributed by atoms with van der Waals surface area (Å²) in [5, 5.41) is 8.03. The first-order valence-electron chi connectivity index (χ1n) is 5.68. The number of amidine groups is 1. The minimum absolute atomic E-state index is 0.0612. The summed E-state index contributed by atoms with van der Waals surface area (Å²) in [6.07, 6.45) is 0. The van der Waals surface area contributed by atoms with Crippen molar-refractivity contribution in [3.05, 3.63) is 63.4 Å². The minimum atomic E-state index is -0.587. The highest BCUT2D eigenvalue weighted by atomic mass is 35.5. The molecule has 0 spiro atoms. The van der Waals surface area contributed by atoms with E-state index in [9.17, 15) is 4.39 Å². The van der Waals surface area contributed by atoms with Crippen LogP contribution in [0.2, 0.25) is 10.0 Å². The van der Waals surface area contributed by atoms with Crippen molar-refractivity contribution in [3.8, 4) is 5.75 Å². The van der Waals surface area contributed by atoms with E-state index in [1.54, 1.807) is 18.2 Å². The second kappa shape index (κ2) is 6.11. The Balaban J connectivity index is 2.15. The molecule has 0 saturated heterocycles. The van der Waals surface area contributed by atoms with Crippen molar-refractivity contribution in [2.24, 2.45) is 5.73 Å². The van der Waals surface area contributed by atoms with E-state index in [0.29, 0.717) is 21.2 Å². The van der Waals surface area contributed by atoms with Gasteiger partial charge in [0.1, 0.15) is 12.4 Å². The van der Waals surface area contributed by atoms with Crippen molar-refractivity contribution in [2.45, 2.75) is 6.61 Å². The third kappa shape index (κ3) is 3.21. The van der Waals surface area contributed by atoms with Crippen LogP contribution in [0, 0.1) is 11.2 Å². The van der Waals surface area contributed by atoms with E-state index >= 15 is 0 Å². The Bertz CT molecular complexity index is 662. The fourth-order valence-electron chi connectivity index (χ4n) is 1.60. The molecule has 0 saturated carbocycles. The average Bonchev–Trinajstić information content (AvgIpc) is 2.41. The Morgan fingerprint density at radius 1 is 1.25 bits per heavy atom. The van der Waals surface area contributed by atoms with Gasteiger partial charge < -0.3 is 10.5 Å². The molecule has 3 N–H and O–H groups in total. The Morgan fingerprint density at radius 2 is 2.00 bits per heavy atom. The van der Waals surface area contributed by atoms with Gasteiger partial charge in [-0.3, -0.25) is 5.41 Å². The molecule has 0 aliphatic carbocycles. The number of nitrogens with one attached hydrogen (secondary N) is 1. The van der Waals surface area contributed by atoms with E-state index < -0.39 is 5.82 Å². The maximum absolute atomic E-state index is 13.8. The molecule has 0 aliphatic heterocycles. The monoisotopic (exact) mass is 312 g/mol. The van der Waals surface area contributed by atoms with E-state index in [0.717, 1.165) is 6.07 Å². The summed E-state index contributed by atoms with van der Waals surface area (Å²) in [5.41, 5.74) is 6.24. The van der Waals surface area contributed by atoms with Crippen molar-refractivity contribution in [1.82, 2.24) is 0 Å². The maximum atomic E-state index is 13.8. The largest absolute Gasteiger partial charge is 0.486 e. The van der Waals surface area contributed by atoms with E-state index in [1.807, 2.05) is 0 Å². The lowest BCUT2D eigenvalue weighted by atomic mass is 10.2. The quantitative estimate of drug-likeness (QED) is 0.662. The third-order valence-corrected chi connectivity index (χ3v) is 3.52. The Hall–Kier alpha value is -1.78. The summed E-state index contributed by atoms with van der Waals surface area (Å²) >= 11 is 11.9. The van der Waals surface area contributed by atoms with Gasteiger partial charge in [-0.15, -0.1) is 0 Å². The van der Waals surface area contributed by atoms with Gasteiger partial charge >= 0.3 is 0 Å². The van der Waals surface area contributed by atoms with Crippen LogP contribution >= 0.6 is 23.2 Å². The zero-order chi connectivity index (χ0) is 14.7. The van der Waals surface area contributed by atoms with Crippen molar-refractivity contribution in [1.29, 1.82) is 5.41 Å². The number of halogens is 3. The molecule has 104 valence electrons. The molecule has 2 aromatic carbocycles. The number of benzene rings is 2. The normalized spacial score (nSPS) is 10.3. The first kappa shape index (κ1) is 14.6. The zero-order valence-corrected chi connectivity index (χ0v) is 11.8. The van der Waals surface area contributed by atoms with Gasteiger partial charge in [-0.05, 0) is 24.3 Å². The number of ether oxygens (including phenoxy) is 1. The van der Waals surface area contributed by atoms with Crippen LogP contribution in [0.1, 0.15) is 11.1 Å². The van der Waals surface area contributed by atoms with Gasteiger partial charge in [0, 0.05) is 11.1 Å². The number of nitrogen functional groups attached to an aromatic ring is 1. The molecule has 0 heterocycles. The van der Waals surface area contributed by atoms with Gasteiger partial charge in [0.25, 0.3) is 0 Å². The highest BCUT2D eigenvalue weighted by molar-refractivity contribution is 6.42. The summed E-state index contributed by atoms with van der Waals surface area (Å²) in [6.45, 7) is 0.0930. The number of hydrogen-bond donors (Lipinski definition) is 2. The smallest absolute Gasteiger partial charge is 0.165 e. The Kier molecular flexibility index (Phi) is 4.47. The van der Waals surface area contributed by atoms with E-state index in [4.69, 9.17) is 39.1 Å². The predicted octanol–water partition coefficient (Wildman–Crippen LogP) is 4.00. The summed E-state index contributed by atoms with van der Waals surface area (Å²) in [7, 11) is 0. The van der Waals surface area contributed by atoms with Crippen LogP contribution in [0.15, 0.2) is 36.4 Å². The van der Waals surface area contributed by atoms with E-state index in [1.165, 1.54) is 12.1 Å². The molecule has 0 atom stereocenters. The topological polar surface area (TPSA) is 59.1 Å². The van der Waals surface area contributed by atoms with Gasteiger partial charge in [-0.1, -0.05) is 35.3 Å². The van der Waals surface area contributed by atoms with E-state index in [-0.39, 0.29) is 18.2 Å². The molecule has 2 rings (SSSR count). The molecule has 0 unspecified atom stereocenters. The van der Waals surface area contributed by atoms with Crippen LogP contribution < -0.4 is 10.5 Å². The van der Waals surface area contributed by atoms with Crippen LogP contribution in [-0.4, -0.2) is 5.84 Å². The van der Waals surface area contributed by atoms with Crippen molar-refractivity contribution >= 4 is 29.0 Å². The standard InChI is InChI=1S/C14H11Cl2FN2O/c15-10-3-1-2-9(13(10)16)7-20-12-5-4-8(14(18)19)6-11(12)17/h1-6H,7H2,(H3,18,19). The molecule has 0 fully saturated rings. The highest BCUT2D eigenvalue weighted by Gasteiger charge is 2.09. The Morgan fingerprint density at radius 3 is 2.65 bits per heavy atom. The minimum Gasteiger partial charge on any atom is -0.486 e.